The van der Waals surface area contributed by atoms with Crippen molar-refractivity contribution in [2.75, 3.05) is 13.1 Å². The molecule has 0 unspecified atom stereocenters. The van der Waals surface area contributed by atoms with Gasteiger partial charge in [-0.2, -0.15) is 5.26 Å². The third-order valence-corrected chi connectivity index (χ3v) is 2.23. The van der Waals surface area contributed by atoms with Crippen molar-refractivity contribution < 1.29 is 0 Å². The van der Waals surface area contributed by atoms with E-state index in [2.05, 4.69) is 24.5 Å². The first kappa shape index (κ1) is 9.76. The largest absolute Gasteiger partial charge is 0.313 e. The van der Waals surface area contributed by atoms with Gasteiger partial charge in [0.15, 0.2) is 0 Å². The van der Waals surface area contributed by atoms with Gasteiger partial charge >= 0.3 is 0 Å². The fourth-order valence-electron chi connectivity index (χ4n) is 1.47. The third-order valence-electron chi connectivity index (χ3n) is 2.23. The summed E-state index contributed by atoms with van der Waals surface area (Å²) in [4.78, 5) is 0. The van der Waals surface area contributed by atoms with E-state index in [0.29, 0.717) is 5.57 Å². The molecule has 0 aliphatic carbocycles. The summed E-state index contributed by atoms with van der Waals surface area (Å²) in [7, 11) is 0. The first-order chi connectivity index (χ1) is 6.29. The van der Waals surface area contributed by atoms with E-state index in [1.165, 1.54) is 0 Å². The lowest BCUT2D eigenvalue weighted by molar-refractivity contribution is 0.713. The maximum Gasteiger partial charge on any atom is 0.0988 e. The minimum atomic E-state index is 0.560. The van der Waals surface area contributed by atoms with Crippen molar-refractivity contribution in [3.05, 3.63) is 36.0 Å². The Hall–Kier alpha value is -1.33. The Bertz CT molecular complexity index is 292. The molecule has 68 valence electrons. The summed E-state index contributed by atoms with van der Waals surface area (Å²) in [6.07, 6.45) is 3.93. The van der Waals surface area contributed by atoms with Crippen LogP contribution in [0.25, 0.3) is 0 Å². The lowest BCUT2D eigenvalue weighted by atomic mass is 10.00. The van der Waals surface area contributed by atoms with Crippen LogP contribution in [-0.4, -0.2) is 13.1 Å². The molecule has 0 atom stereocenters. The van der Waals surface area contributed by atoms with Crippen LogP contribution >= 0.6 is 0 Å². The molecule has 0 radical (unpaired) electrons. The number of allylic oxidation sites excluding steroid dienone is 2. The molecule has 13 heavy (non-hydrogen) atoms. The Morgan fingerprint density at radius 1 is 1.62 bits per heavy atom. The monoisotopic (exact) mass is 174 g/mol. The molecule has 0 saturated heterocycles. The predicted octanol–water partition coefficient (Wildman–Crippen LogP) is 1.93. The topological polar surface area (TPSA) is 35.8 Å². The molecule has 1 aliphatic heterocycles. The second-order valence-corrected chi connectivity index (χ2v) is 3.08. The molecule has 0 aromatic heterocycles. The first-order valence-electron chi connectivity index (χ1n) is 4.44. The van der Waals surface area contributed by atoms with Crippen molar-refractivity contribution in [1.82, 2.24) is 5.32 Å². The van der Waals surface area contributed by atoms with Crippen LogP contribution in [0, 0.1) is 11.3 Å². The second kappa shape index (κ2) is 4.64. The van der Waals surface area contributed by atoms with Gasteiger partial charge in [0.1, 0.15) is 0 Å². The van der Waals surface area contributed by atoms with Gasteiger partial charge in [0.25, 0.3) is 0 Å². The van der Waals surface area contributed by atoms with E-state index in [4.69, 9.17) is 5.26 Å². The van der Waals surface area contributed by atoms with E-state index >= 15 is 0 Å². The average Bonchev–Trinajstić information content (AvgIpc) is 2.41. The van der Waals surface area contributed by atoms with Crippen LogP contribution in [0.2, 0.25) is 0 Å². The highest BCUT2D eigenvalue weighted by molar-refractivity contribution is 5.46. The van der Waals surface area contributed by atoms with Crippen LogP contribution in [0.4, 0.5) is 0 Å². The summed E-state index contributed by atoms with van der Waals surface area (Å²) in [6, 6.07) is 2.09. The number of rotatable bonds is 2. The molecule has 1 heterocycles. The van der Waals surface area contributed by atoms with Crippen LogP contribution < -0.4 is 5.32 Å². The maximum absolute atomic E-state index is 8.75. The normalized spacial score (nSPS) is 17.5. The number of hydrogen-bond acceptors (Lipinski definition) is 2. The minimum absolute atomic E-state index is 0.560. The summed E-state index contributed by atoms with van der Waals surface area (Å²) in [5, 5.41) is 12.0. The Labute approximate surface area is 79.3 Å². The van der Waals surface area contributed by atoms with E-state index in [-0.39, 0.29) is 0 Å². The SMILES string of the molecule is C=CC1=C(C(=C)C#N)CNCCC1. The quantitative estimate of drug-likeness (QED) is 0.649. The summed E-state index contributed by atoms with van der Waals surface area (Å²) < 4.78 is 0. The van der Waals surface area contributed by atoms with Crippen molar-refractivity contribution in [2.45, 2.75) is 12.8 Å². The van der Waals surface area contributed by atoms with Gasteiger partial charge in [-0.15, -0.1) is 0 Å². The van der Waals surface area contributed by atoms with Crippen LogP contribution in [0.5, 0.6) is 0 Å². The highest BCUT2D eigenvalue weighted by Gasteiger charge is 2.10. The van der Waals surface area contributed by atoms with Gasteiger partial charge in [-0.1, -0.05) is 19.2 Å². The Morgan fingerprint density at radius 3 is 3.00 bits per heavy atom. The van der Waals surface area contributed by atoms with Gasteiger partial charge in [0, 0.05) is 12.1 Å². The summed E-state index contributed by atoms with van der Waals surface area (Å²) >= 11 is 0. The van der Waals surface area contributed by atoms with E-state index in [1.807, 2.05) is 6.08 Å². The molecular weight excluding hydrogens is 160 g/mol. The van der Waals surface area contributed by atoms with Crippen LogP contribution in [0.1, 0.15) is 12.8 Å². The number of nitrogens with zero attached hydrogens (tertiary/aromatic N) is 1. The van der Waals surface area contributed by atoms with Crippen LogP contribution in [-0.2, 0) is 0 Å². The molecule has 2 heteroatoms. The van der Waals surface area contributed by atoms with Crippen molar-refractivity contribution in [2.24, 2.45) is 0 Å². The number of hydrogen-bond donors (Lipinski definition) is 1. The Balaban J connectivity index is 2.96. The highest BCUT2D eigenvalue weighted by Crippen LogP contribution is 2.19. The lowest BCUT2D eigenvalue weighted by Crippen LogP contribution is -2.16. The molecule has 0 bridgehead atoms. The second-order valence-electron chi connectivity index (χ2n) is 3.08. The maximum atomic E-state index is 8.75. The van der Waals surface area contributed by atoms with Gasteiger partial charge < -0.3 is 5.32 Å². The molecule has 0 aromatic rings. The van der Waals surface area contributed by atoms with Gasteiger partial charge in [0.2, 0.25) is 0 Å². The minimum Gasteiger partial charge on any atom is -0.313 e. The van der Waals surface area contributed by atoms with Crippen LogP contribution in [0.3, 0.4) is 0 Å². The molecule has 1 rings (SSSR count). The zero-order valence-corrected chi connectivity index (χ0v) is 7.77. The van der Waals surface area contributed by atoms with Crippen LogP contribution in [0.15, 0.2) is 36.0 Å². The lowest BCUT2D eigenvalue weighted by Gasteiger charge is -2.06. The van der Waals surface area contributed by atoms with E-state index in [9.17, 15) is 0 Å². The molecule has 1 aliphatic rings. The summed E-state index contributed by atoms with van der Waals surface area (Å²) in [6.45, 7) is 9.23. The van der Waals surface area contributed by atoms with Gasteiger partial charge in [-0.25, -0.2) is 0 Å². The van der Waals surface area contributed by atoms with E-state index < -0.39 is 0 Å². The molecule has 0 aromatic carbocycles. The Morgan fingerprint density at radius 2 is 2.38 bits per heavy atom. The Kier molecular flexibility index (Phi) is 3.48. The van der Waals surface area contributed by atoms with E-state index in [0.717, 1.165) is 37.1 Å². The van der Waals surface area contributed by atoms with Gasteiger partial charge in [-0.05, 0) is 30.5 Å². The number of nitriles is 1. The molecule has 1 N–H and O–H groups in total. The van der Waals surface area contributed by atoms with Gasteiger partial charge in [-0.3, -0.25) is 0 Å². The smallest absolute Gasteiger partial charge is 0.0988 e. The third kappa shape index (κ3) is 2.30. The molecular formula is C11H14N2. The van der Waals surface area contributed by atoms with Gasteiger partial charge in [0.05, 0.1) is 6.07 Å². The molecule has 0 fully saturated rings. The first-order valence-corrected chi connectivity index (χ1v) is 4.44. The standard InChI is InChI=1S/C11H14N2/c1-3-10-5-4-6-13-8-11(10)9(2)7-12/h3,13H,1-2,4-6,8H2. The zero-order valence-electron chi connectivity index (χ0n) is 7.77. The summed E-state index contributed by atoms with van der Waals surface area (Å²) in [5.74, 6) is 0. The fraction of sp³-hybridized carbons (Fsp3) is 0.364. The fourth-order valence-corrected chi connectivity index (χ4v) is 1.47. The average molecular weight is 174 g/mol. The van der Waals surface area contributed by atoms with Crippen molar-refractivity contribution in [1.29, 1.82) is 5.26 Å². The predicted molar refractivity (Wildman–Crippen MR) is 54.1 cm³/mol. The number of nitrogens with one attached hydrogen (secondary N) is 1. The molecule has 0 amide bonds. The molecule has 0 saturated carbocycles. The molecule has 2 nitrogen and oxygen atoms in total. The zero-order chi connectivity index (χ0) is 9.68. The molecule has 0 spiro atoms. The van der Waals surface area contributed by atoms with Crippen molar-refractivity contribution in [3.8, 4) is 6.07 Å². The van der Waals surface area contributed by atoms with Crippen molar-refractivity contribution in [3.63, 3.8) is 0 Å². The van der Waals surface area contributed by atoms with Crippen molar-refractivity contribution >= 4 is 0 Å². The van der Waals surface area contributed by atoms with E-state index in [1.54, 1.807) is 0 Å². The highest BCUT2D eigenvalue weighted by atomic mass is 14.9. The summed E-state index contributed by atoms with van der Waals surface area (Å²) in [5.41, 5.74) is 2.75.